The highest BCUT2D eigenvalue weighted by Crippen LogP contribution is 2.17. The van der Waals surface area contributed by atoms with Crippen molar-refractivity contribution in [1.29, 1.82) is 0 Å². The monoisotopic (exact) mass is 342 g/mol. The van der Waals surface area contributed by atoms with Gasteiger partial charge in [0.2, 0.25) is 5.91 Å². The molecule has 0 radical (unpaired) electrons. The molecule has 1 aliphatic heterocycles. The number of hydrogen-bond acceptors (Lipinski definition) is 3. The summed E-state index contributed by atoms with van der Waals surface area (Å²) in [7, 11) is 0. The number of carbonyl (C=O) groups is 1. The van der Waals surface area contributed by atoms with E-state index in [4.69, 9.17) is 4.74 Å². The molecule has 25 heavy (non-hydrogen) atoms. The largest absolute Gasteiger partial charge is 0.494 e. The quantitative estimate of drug-likeness (QED) is 0.841. The first kappa shape index (κ1) is 17.4. The molecule has 0 spiro atoms. The van der Waals surface area contributed by atoms with E-state index in [1.54, 1.807) is 12.1 Å². The molecule has 1 fully saturated rings. The summed E-state index contributed by atoms with van der Waals surface area (Å²) in [5, 5.41) is 3.44. The molecule has 2 aromatic carbocycles. The summed E-state index contributed by atoms with van der Waals surface area (Å²) in [4.78, 5) is 14.0. The van der Waals surface area contributed by atoms with Gasteiger partial charge in [-0.05, 0) is 42.3 Å². The summed E-state index contributed by atoms with van der Waals surface area (Å²) in [6.07, 6.45) is 0.492. The Balaban J connectivity index is 1.52. The molecule has 1 amide bonds. The molecule has 0 aliphatic carbocycles. The highest BCUT2D eigenvalue weighted by Gasteiger charge is 2.29. The molecule has 1 N–H and O–H groups in total. The smallest absolute Gasteiger partial charge is 0.224 e. The van der Waals surface area contributed by atoms with Gasteiger partial charge in [0.1, 0.15) is 11.6 Å². The van der Waals surface area contributed by atoms with Gasteiger partial charge >= 0.3 is 0 Å². The van der Waals surface area contributed by atoms with Gasteiger partial charge in [0.25, 0.3) is 0 Å². The lowest BCUT2D eigenvalue weighted by Crippen LogP contribution is -2.32. The fraction of sp³-hybridized carbons (Fsp3) is 0.350. The van der Waals surface area contributed by atoms with Crippen molar-refractivity contribution in [2.45, 2.75) is 32.5 Å². The maximum Gasteiger partial charge on any atom is 0.224 e. The molecule has 0 aromatic heterocycles. The Morgan fingerprint density at radius 1 is 1.20 bits per heavy atom. The zero-order valence-electron chi connectivity index (χ0n) is 14.4. The molecule has 0 unspecified atom stereocenters. The number of halogens is 1. The first-order valence-electron chi connectivity index (χ1n) is 8.61. The lowest BCUT2D eigenvalue weighted by molar-refractivity contribution is -0.128. The molecule has 1 atom stereocenters. The van der Waals surface area contributed by atoms with E-state index in [0.29, 0.717) is 32.7 Å². The number of ether oxygens (including phenoxy) is 1. The molecule has 0 saturated carbocycles. The van der Waals surface area contributed by atoms with E-state index in [1.807, 2.05) is 36.1 Å². The zero-order valence-corrected chi connectivity index (χ0v) is 14.4. The van der Waals surface area contributed by atoms with Crippen LogP contribution >= 0.6 is 0 Å². The molecule has 1 heterocycles. The van der Waals surface area contributed by atoms with Crippen LogP contribution in [0.4, 0.5) is 4.39 Å². The predicted molar refractivity (Wildman–Crippen MR) is 94.7 cm³/mol. The highest BCUT2D eigenvalue weighted by atomic mass is 19.1. The van der Waals surface area contributed by atoms with Crippen LogP contribution in [0.3, 0.4) is 0 Å². The van der Waals surface area contributed by atoms with Crippen LogP contribution in [0.5, 0.6) is 5.75 Å². The van der Waals surface area contributed by atoms with Crippen molar-refractivity contribution < 1.29 is 13.9 Å². The van der Waals surface area contributed by atoms with Crippen LogP contribution < -0.4 is 10.1 Å². The fourth-order valence-corrected chi connectivity index (χ4v) is 3.05. The third kappa shape index (κ3) is 4.79. The van der Waals surface area contributed by atoms with Crippen molar-refractivity contribution in [2.75, 3.05) is 13.2 Å². The Hall–Kier alpha value is -2.40. The summed E-state index contributed by atoms with van der Waals surface area (Å²) >= 11 is 0. The van der Waals surface area contributed by atoms with Gasteiger partial charge in [0, 0.05) is 32.1 Å². The molecule has 5 heteroatoms. The lowest BCUT2D eigenvalue weighted by Gasteiger charge is -2.17. The van der Waals surface area contributed by atoms with Gasteiger partial charge in [-0.1, -0.05) is 24.3 Å². The number of amides is 1. The van der Waals surface area contributed by atoms with Crippen LogP contribution in [-0.2, 0) is 17.9 Å². The molecule has 3 rings (SSSR count). The van der Waals surface area contributed by atoms with E-state index in [9.17, 15) is 9.18 Å². The first-order valence-corrected chi connectivity index (χ1v) is 8.61. The second-order valence-electron chi connectivity index (χ2n) is 6.26. The maximum atomic E-state index is 13.0. The second-order valence-corrected chi connectivity index (χ2v) is 6.26. The van der Waals surface area contributed by atoms with E-state index in [1.165, 1.54) is 12.1 Å². The summed E-state index contributed by atoms with van der Waals surface area (Å²) < 4.78 is 18.5. The summed E-state index contributed by atoms with van der Waals surface area (Å²) in [6.45, 7) is 4.50. The number of hydrogen-bond donors (Lipinski definition) is 1. The van der Waals surface area contributed by atoms with Crippen molar-refractivity contribution in [3.05, 3.63) is 65.5 Å². The minimum atomic E-state index is -0.259. The predicted octanol–water partition coefficient (Wildman–Crippen LogP) is 3.12. The Labute approximate surface area is 147 Å². The molecule has 132 valence electrons. The Morgan fingerprint density at radius 3 is 2.76 bits per heavy atom. The number of likely N-dealkylation sites (tertiary alicyclic amines) is 1. The highest BCUT2D eigenvalue weighted by molar-refractivity contribution is 5.79. The van der Waals surface area contributed by atoms with Crippen molar-refractivity contribution in [1.82, 2.24) is 10.2 Å². The molecule has 4 nitrogen and oxygen atoms in total. The molecule has 1 saturated heterocycles. The molecular formula is C20H23FN2O2. The minimum Gasteiger partial charge on any atom is -0.494 e. The number of rotatable bonds is 7. The van der Waals surface area contributed by atoms with Gasteiger partial charge in [0.15, 0.2) is 0 Å². The van der Waals surface area contributed by atoms with Gasteiger partial charge in [0.05, 0.1) is 6.61 Å². The van der Waals surface area contributed by atoms with Gasteiger partial charge in [-0.25, -0.2) is 4.39 Å². The Kier molecular flexibility index (Phi) is 5.66. The molecule has 2 aromatic rings. The van der Waals surface area contributed by atoms with Crippen LogP contribution in [0.1, 0.15) is 24.5 Å². The van der Waals surface area contributed by atoms with E-state index in [2.05, 4.69) is 5.32 Å². The SMILES string of the molecule is CCOc1cccc(CN[C@H]2CC(=O)N(Cc3ccc(F)cc3)C2)c1. The average Bonchev–Trinajstić information content (AvgIpc) is 2.96. The molecule has 0 bridgehead atoms. The topological polar surface area (TPSA) is 41.6 Å². The second kappa shape index (κ2) is 8.12. The zero-order chi connectivity index (χ0) is 17.6. The van der Waals surface area contributed by atoms with Crippen LogP contribution in [0, 0.1) is 5.82 Å². The first-order chi connectivity index (χ1) is 12.1. The van der Waals surface area contributed by atoms with Crippen molar-refractivity contribution in [2.24, 2.45) is 0 Å². The van der Waals surface area contributed by atoms with Crippen molar-refractivity contribution >= 4 is 5.91 Å². The normalized spacial score (nSPS) is 17.1. The van der Waals surface area contributed by atoms with Gasteiger partial charge in [-0.2, -0.15) is 0 Å². The van der Waals surface area contributed by atoms with E-state index in [-0.39, 0.29) is 17.8 Å². The van der Waals surface area contributed by atoms with E-state index >= 15 is 0 Å². The maximum absolute atomic E-state index is 13.0. The van der Waals surface area contributed by atoms with E-state index in [0.717, 1.165) is 16.9 Å². The summed E-state index contributed by atoms with van der Waals surface area (Å²) in [6, 6.07) is 14.4. The number of nitrogens with one attached hydrogen (secondary N) is 1. The van der Waals surface area contributed by atoms with E-state index < -0.39 is 0 Å². The third-order valence-electron chi connectivity index (χ3n) is 4.31. The minimum absolute atomic E-state index is 0.128. The average molecular weight is 342 g/mol. The summed E-state index contributed by atoms with van der Waals surface area (Å²) in [5.74, 6) is 0.734. The van der Waals surface area contributed by atoms with Gasteiger partial charge in [-0.3, -0.25) is 4.79 Å². The Bertz CT molecular complexity index is 718. The van der Waals surface area contributed by atoms with Crippen molar-refractivity contribution in [3.63, 3.8) is 0 Å². The Morgan fingerprint density at radius 2 is 2.00 bits per heavy atom. The van der Waals surface area contributed by atoms with Crippen LogP contribution in [-0.4, -0.2) is 30.0 Å². The molecule has 1 aliphatic rings. The van der Waals surface area contributed by atoms with Crippen LogP contribution in [0.2, 0.25) is 0 Å². The van der Waals surface area contributed by atoms with Crippen molar-refractivity contribution in [3.8, 4) is 5.75 Å². The number of carbonyl (C=O) groups excluding carboxylic acids is 1. The fourth-order valence-electron chi connectivity index (χ4n) is 3.05. The standard InChI is InChI=1S/C20H23FN2O2/c1-2-25-19-5-3-4-16(10-19)12-22-18-11-20(24)23(14-18)13-15-6-8-17(21)9-7-15/h3-10,18,22H,2,11-14H2,1H3/t18-/m0/s1. The third-order valence-corrected chi connectivity index (χ3v) is 4.31. The lowest BCUT2D eigenvalue weighted by atomic mass is 10.2. The number of benzene rings is 2. The van der Waals surface area contributed by atoms with Gasteiger partial charge in [-0.15, -0.1) is 0 Å². The number of nitrogens with zero attached hydrogens (tertiary/aromatic N) is 1. The van der Waals surface area contributed by atoms with Crippen LogP contribution in [0.25, 0.3) is 0 Å². The molecular weight excluding hydrogens is 319 g/mol. The van der Waals surface area contributed by atoms with Gasteiger partial charge < -0.3 is 15.0 Å². The summed E-state index contributed by atoms with van der Waals surface area (Å²) in [5.41, 5.74) is 2.08. The van der Waals surface area contributed by atoms with Crippen LogP contribution in [0.15, 0.2) is 48.5 Å².